The second-order valence-corrected chi connectivity index (χ2v) is 12.0. The zero-order valence-electron chi connectivity index (χ0n) is 16.8. The molecule has 2 saturated heterocycles. The Morgan fingerprint density at radius 2 is 1.74 bits per heavy atom. The van der Waals surface area contributed by atoms with Crippen LogP contribution >= 0.6 is 0 Å². The average molecular weight is 466 g/mol. The predicted molar refractivity (Wildman–Crippen MR) is 114 cm³/mol. The van der Waals surface area contributed by atoms with E-state index >= 15 is 0 Å². The lowest BCUT2D eigenvalue weighted by Crippen LogP contribution is -2.52. The van der Waals surface area contributed by atoms with Gasteiger partial charge in [0.25, 0.3) is 5.91 Å². The number of hydrogen-bond donors (Lipinski definition) is 0. The number of aromatic nitrogens is 1. The largest absolute Gasteiger partial charge is 0.438 e. The van der Waals surface area contributed by atoms with Gasteiger partial charge in [-0.1, -0.05) is 18.2 Å². The van der Waals surface area contributed by atoms with Crippen LogP contribution in [0.5, 0.6) is 11.6 Å². The second kappa shape index (κ2) is 8.56. The molecule has 0 radical (unpaired) electrons. The number of rotatable bonds is 5. The van der Waals surface area contributed by atoms with E-state index in [4.69, 9.17) is 4.74 Å². The summed E-state index contributed by atoms with van der Waals surface area (Å²) in [6.45, 7) is 0.661. The molecule has 1 amide bonds. The molecule has 1 aromatic heterocycles. The molecule has 1 unspecified atom stereocenters. The van der Waals surface area contributed by atoms with Crippen LogP contribution in [-0.4, -0.2) is 79.9 Å². The van der Waals surface area contributed by atoms with E-state index in [2.05, 4.69) is 4.98 Å². The fraction of sp³-hybridized carbons (Fsp3) is 0.400. The van der Waals surface area contributed by atoms with Crippen LogP contribution in [0.1, 0.15) is 16.8 Å². The summed E-state index contributed by atoms with van der Waals surface area (Å²) in [5.74, 6) is 0.0207. The van der Waals surface area contributed by atoms with Crippen LogP contribution in [0.15, 0.2) is 48.7 Å². The van der Waals surface area contributed by atoms with Crippen molar-refractivity contribution < 1.29 is 26.4 Å². The highest BCUT2D eigenvalue weighted by Crippen LogP contribution is 2.26. The van der Waals surface area contributed by atoms with Crippen LogP contribution in [-0.2, 0) is 19.9 Å². The van der Waals surface area contributed by atoms with Gasteiger partial charge in [-0.3, -0.25) is 4.79 Å². The number of carbonyl (C=O) groups is 1. The molecular formula is C20H23N3O6S2. The second-order valence-electron chi connectivity index (χ2n) is 7.53. The number of carbonyl (C=O) groups excluding carboxylic acids is 1. The van der Waals surface area contributed by atoms with E-state index in [9.17, 15) is 21.6 Å². The fourth-order valence-corrected chi connectivity index (χ4v) is 8.27. The van der Waals surface area contributed by atoms with Crippen molar-refractivity contribution in [2.45, 2.75) is 11.7 Å². The first-order chi connectivity index (χ1) is 14.8. The van der Waals surface area contributed by atoms with Crippen molar-refractivity contribution in [3.8, 4) is 11.6 Å². The highest BCUT2D eigenvalue weighted by molar-refractivity contribution is 7.95. The summed E-state index contributed by atoms with van der Waals surface area (Å²) in [6, 6.07) is 12.3. The number of pyridine rings is 1. The monoisotopic (exact) mass is 465 g/mol. The number of para-hydroxylation sites is 1. The molecule has 3 heterocycles. The third kappa shape index (κ3) is 4.73. The molecule has 11 heteroatoms. The van der Waals surface area contributed by atoms with E-state index in [0.717, 1.165) is 0 Å². The molecule has 2 aliphatic rings. The van der Waals surface area contributed by atoms with Gasteiger partial charge in [-0.25, -0.2) is 21.8 Å². The van der Waals surface area contributed by atoms with Crippen molar-refractivity contribution >= 4 is 25.8 Å². The normalized spacial score (nSPS) is 21.7. The Morgan fingerprint density at radius 1 is 1.03 bits per heavy atom. The van der Waals surface area contributed by atoms with Crippen molar-refractivity contribution in [2.24, 2.45) is 0 Å². The summed E-state index contributed by atoms with van der Waals surface area (Å²) in [5, 5.41) is -0.899. The van der Waals surface area contributed by atoms with Crippen molar-refractivity contribution in [1.29, 1.82) is 0 Å². The SMILES string of the molecule is O=C(c1cccnc1Oc1ccccc1)N1CCN(S(=O)(=O)C2CCS(=O)(=O)C2)CC1. The molecule has 9 nitrogen and oxygen atoms in total. The van der Waals surface area contributed by atoms with E-state index in [1.165, 1.54) is 10.5 Å². The van der Waals surface area contributed by atoms with Gasteiger partial charge in [0, 0.05) is 32.4 Å². The number of benzene rings is 1. The van der Waals surface area contributed by atoms with E-state index < -0.39 is 25.1 Å². The van der Waals surface area contributed by atoms with Crippen LogP contribution in [0, 0.1) is 0 Å². The molecule has 0 aliphatic carbocycles. The van der Waals surface area contributed by atoms with Crippen LogP contribution in [0.4, 0.5) is 0 Å². The highest BCUT2D eigenvalue weighted by Gasteiger charge is 2.41. The van der Waals surface area contributed by atoms with Crippen LogP contribution in [0.3, 0.4) is 0 Å². The number of hydrogen-bond acceptors (Lipinski definition) is 7. The maximum atomic E-state index is 13.1. The molecule has 2 aliphatic heterocycles. The first-order valence-corrected chi connectivity index (χ1v) is 13.3. The Bertz CT molecular complexity index is 1160. The van der Waals surface area contributed by atoms with E-state index in [0.29, 0.717) is 11.3 Å². The molecule has 31 heavy (non-hydrogen) atoms. The van der Waals surface area contributed by atoms with Crippen LogP contribution in [0.25, 0.3) is 0 Å². The number of piperazine rings is 1. The molecule has 0 saturated carbocycles. The van der Waals surface area contributed by atoms with E-state index in [1.54, 1.807) is 29.2 Å². The van der Waals surface area contributed by atoms with Crippen molar-refractivity contribution in [2.75, 3.05) is 37.7 Å². The summed E-state index contributed by atoms with van der Waals surface area (Å²) in [6.07, 6.45) is 1.66. The molecule has 0 N–H and O–H groups in total. The molecule has 166 valence electrons. The number of sulfone groups is 1. The lowest BCUT2D eigenvalue weighted by Gasteiger charge is -2.35. The van der Waals surface area contributed by atoms with E-state index in [-0.39, 0.29) is 55.9 Å². The Hall–Kier alpha value is -2.50. The summed E-state index contributed by atoms with van der Waals surface area (Å²) < 4.78 is 56.0. The van der Waals surface area contributed by atoms with Crippen molar-refractivity contribution in [3.63, 3.8) is 0 Å². The Labute approximate surface area is 181 Å². The van der Waals surface area contributed by atoms with Gasteiger partial charge in [0.2, 0.25) is 15.9 Å². The number of amides is 1. The third-order valence-electron chi connectivity index (χ3n) is 5.46. The zero-order valence-corrected chi connectivity index (χ0v) is 18.4. The minimum absolute atomic E-state index is 0.0967. The topological polar surface area (TPSA) is 114 Å². The van der Waals surface area contributed by atoms with Gasteiger partial charge in [0.05, 0.1) is 16.8 Å². The lowest BCUT2D eigenvalue weighted by atomic mass is 10.2. The molecule has 2 aromatic rings. The molecule has 4 rings (SSSR count). The van der Waals surface area contributed by atoms with Gasteiger partial charge in [-0.2, -0.15) is 4.31 Å². The molecular weight excluding hydrogens is 442 g/mol. The Morgan fingerprint density at radius 3 is 2.39 bits per heavy atom. The first-order valence-electron chi connectivity index (χ1n) is 9.93. The third-order valence-corrected chi connectivity index (χ3v) is 9.77. The molecule has 0 spiro atoms. The summed E-state index contributed by atoms with van der Waals surface area (Å²) in [7, 11) is -7.02. The first kappa shape index (κ1) is 21.7. The van der Waals surface area contributed by atoms with Gasteiger partial charge in [-0.15, -0.1) is 0 Å². The van der Waals surface area contributed by atoms with Crippen molar-refractivity contribution in [3.05, 3.63) is 54.2 Å². The van der Waals surface area contributed by atoms with Crippen LogP contribution < -0.4 is 4.74 Å². The van der Waals surface area contributed by atoms with Crippen molar-refractivity contribution in [1.82, 2.24) is 14.2 Å². The molecule has 1 atom stereocenters. The number of nitrogens with zero attached hydrogens (tertiary/aromatic N) is 3. The highest BCUT2D eigenvalue weighted by atomic mass is 32.2. The van der Waals surface area contributed by atoms with Gasteiger partial charge >= 0.3 is 0 Å². The maximum Gasteiger partial charge on any atom is 0.259 e. The van der Waals surface area contributed by atoms with Gasteiger partial charge < -0.3 is 9.64 Å². The zero-order chi connectivity index (χ0) is 22.1. The number of ether oxygens (including phenoxy) is 1. The van der Waals surface area contributed by atoms with Gasteiger partial charge in [-0.05, 0) is 30.7 Å². The van der Waals surface area contributed by atoms with E-state index in [1.807, 2.05) is 18.2 Å². The summed E-state index contributed by atoms with van der Waals surface area (Å²) in [4.78, 5) is 18.8. The van der Waals surface area contributed by atoms with Gasteiger partial charge in [0.1, 0.15) is 11.3 Å². The summed E-state index contributed by atoms with van der Waals surface area (Å²) in [5.41, 5.74) is 0.296. The Kier molecular flexibility index (Phi) is 6.00. The minimum Gasteiger partial charge on any atom is -0.438 e. The van der Waals surface area contributed by atoms with Crippen LogP contribution in [0.2, 0.25) is 0 Å². The number of sulfonamides is 1. The quantitative estimate of drug-likeness (QED) is 0.651. The Balaban J connectivity index is 1.43. The smallest absolute Gasteiger partial charge is 0.259 e. The standard InChI is InChI=1S/C20H23N3O6S2/c24-20(18-7-4-9-21-19(18)29-16-5-2-1-3-6-16)22-10-12-23(13-11-22)31(27,28)17-8-14-30(25,26)15-17/h1-7,9,17H,8,10-15H2. The maximum absolute atomic E-state index is 13.1. The molecule has 0 bridgehead atoms. The predicted octanol–water partition coefficient (Wildman–Crippen LogP) is 1.15. The van der Waals surface area contributed by atoms with Gasteiger partial charge in [0.15, 0.2) is 9.84 Å². The summed E-state index contributed by atoms with van der Waals surface area (Å²) >= 11 is 0. The molecule has 1 aromatic carbocycles. The molecule has 2 fully saturated rings. The minimum atomic E-state index is -3.72. The lowest BCUT2D eigenvalue weighted by molar-refractivity contribution is 0.0694. The fourth-order valence-electron chi connectivity index (χ4n) is 3.76. The average Bonchev–Trinajstić information content (AvgIpc) is 3.15.